The molecular formula is C21H22FN5O3. The number of hydrogen-bond acceptors (Lipinski definition) is 5. The molecule has 1 fully saturated rings. The van der Waals surface area contributed by atoms with Gasteiger partial charge in [-0.1, -0.05) is 0 Å². The number of halogens is 1. The molecule has 4 aromatic rings. The van der Waals surface area contributed by atoms with Crippen molar-refractivity contribution in [1.82, 2.24) is 24.1 Å². The van der Waals surface area contributed by atoms with E-state index in [-0.39, 0.29) is 24.1 Å². The Bertz CT molecular complexity index is 1300. The lowest BCUT2D eigenvalue weighted by molar-refractivity contribution is -0.0397. The number of rotatable bonds is 4. The summed E-state index contributed by atoms with van der Waals surface area (Å²) in [5.74, 6) is -0.339. The van der Waals surface area contributed by atoms with E-state index in [0.29, 0.717) is 21.8 Å². The predicted octanol–water partition coefficient (Wildman–Crippen LogP) is 2.98. The third-order valence-corrected chi connectivity index (χ3v) is 5.70. The van der Waals surface area contributed by atoms with Crippen LogP contribution in [0, 0.1) is 5.82 Å². The fourth-order valence-corrected chi connectivity index (χ4v) is 4.13. The third-order valence-electron chi connectivity index (χ3n) is 5.70. The number of hydrogen-bond donors (Lipinski definition) is 0. The molecule has 8 nitrogen and oxygen atoms in total. The first-order valence-corrected chi connectivity index (χ1v) is 9.94. The van der Waals surface area contributed by atoms with Crippen LogP contribution in [0.2, 0.25) is 0 Å². The first-order valence-electron chi connectivity index (χ1n) is 9.94. The van der Waals surface area contributed by atoms with Crippen LogP contribution in [0.15, 0.2) is 35.4 Å². The molecule has 0 N–H and O–H groups in total. The van der Waals surface area contributed by atoms with Crippen LogP contribution < -0.4 is 10.3 Å². The monoisotopic (exact) mass is 411 g/mol. The quantitative estimate of drug-likeness (QED) is 0.516. The molecule has 0 spiro atoms. The minimum absolute atomic E-state index is 0.0530. The van der Waals surface area contributed by atoms with Crippen molar-refractivity contribution < 1.29 is 13.9 Å². The number of ether oxygens (including phenoxy) is 2. The Labute approximate surface area is 171 Å². The van der Waals surface area contributed by atoms with Crippen molar-refractivity contribution in [3.63, 3.8) is 0 Å². The second kappa shape index (κ2) is 7.24. The van der Waals surface area contributed by atoms with Crippen molar-refractivity contribution in [1.29, 1.82) is 0 Å². The summed E-state index contributed by atoms with van der Waals surface area (Å²) >= 11 is 0. The first kappa shape index (κ1) is 18.8. The Morgan fingerprint density at radius 1 is 1.30 bits per heavy atom. The molecule has 1 aromatic carbocycles. The molecule has 1 aliphatic heterocycles. The van der Waals surface area contributed by atoms with Gasteiger partial charge in [0.2, 0.25) is 0 Å². The molecule has 3 aromatic heterocycles. The lowest BCUT2D eigenvalue weighted by Gasteiger charge is -2.22. The Balaban J connectivity index is 1.54. The summed E-state index contributed by atoms with van der Waals surface area (Å²) in [6, 6.07) is 4.85. The Kier molecular flexibility index (Phi) is 4.54. The molecule has 9 heteroatoms. The van der Waals surface area contributed by atoms with Gasteiger partial charge < -0.3 is 14.0 Å². The van der Waals surface area contributed by atoms with Gasteiger partial charge in [-0.2, -0.15) is 10.2 Å². The Morgan fingerprint density at radius 3 is 2.93 bits per heavy atom. The van der Waals surface area contributed by atoms with E-state index in [4.69, 9.17) is 9.47 Å². The molecule has 5 rings (SSSR count). The molecule has 1 atom stereocenters. The van der Waals surface area contributed by atoms with Crippen LogP contribution in [0.5, 0.6) is 5.75 Å². The number of aryl methyl sites for hydroxylation is 1. The highest BCUT2D eigenvalue weighted by atomic mass is 19.1. The molecule has 0 saturated carbocycles. The van der Waals surface area contributed by atoms with E-state index < -0.39 is 5.82 Å². The van der Waals surface area contributed by atoms with Crippen molar-refractivity contribution in [2.75, 3.05) is 13.7 Å². The van der Waals surface area contributed by atoms with Crippen LogP contribution in [0.4, 0.5) is 4.39 Å². The summed E-state index contributed by atoms with van der Waals surface area (Å²) in [6.07, 6.45) is 6.55. The molecule has 0 radical (unpaired) electrons. The van der Waals surface area contributed by atoms with Gasteiger partial charge in [0, 0.05) is 36.7 Å². The van der Waals surface area contributed by atoms with Crippen LogP contribution >= 0.6 is 0 Å². The summed E-state index contributed by atoms with van der Waals surface area (Å²) < 4.78 is 30.0. The normalized spacial score (nSPS) is 17.1. The summed E-state index contributed by atoms with van der Waals surface area (Å²) in [6.45, 7) is 0.984. The van der Waals surface area contributed by atoms with Crippen molar-refractivity contribution in [3.05, 3.63) is 52.5 Å². The number of nitrogens with zero attached hydrogens (tertiary/aromatic N) is 5. The van der Waals surface area contributed by atoms with Crippen LogP contribution in [0.1, 0.15) is 31.2 Å². The molecule has 0 amide bonds. The zero-order valence-corrected chi connectivity index (χ0v) is 16.8. The lowest BCUT2D eigenvalue weighted by atomic mass is 10.2. The van der Waals surface area contributed by atoms with E-state index in [1.807, 2.05) is 16.9 Å². The average Bonchev–Trinajstić information content (AvgIpc) is 3.33. The van der Waals surface area contributed by atoms with Crippen LogP contribution in [-0.2, 0) is 18.3 Å². The molecule has 0 bridgehead atoms. The van der Waals surface area contributed by atoms with E-state index in [0.717, 1.165) is 31.6 Å². The van der Waals surface area contributed by atoms with Crippen molar-refractivity contribution in [2.45, 2.75) is 32.0 Å². The SMILES string of the molecule is COc1cc2c(cc1F)c1cnn(Cc3ccn(C4CCCCO4)n3)c(=O)c1n2C. The number of fused-ring (bicyclic) bond motifs is 3. The summed E-state index contributed by atoms with van der Waals surface area (Å²) in [5.41, 5.74) is 1.64. The second-order valence-corrected chi connectivity index (χ2v) is 7.54. The lowest BCUT2D eigenvalue weighted by Crippen LogP contribution is -2.25. The van der Waals surface area contributed by atoms with Crippen molar-refractivity contribution in [2.24, 2.45) is 7.05 Å². The van der Waals surface area contributed by atoms with E-state index in [9.17, 15) is 9.18 Å². The molecule has 156 valence electrons. The maximum atomic E-state index is 14.2. The van der Waals surface area contributed by atoms with Gasteiger partial charge in [-0.15, -0.1) is 0 Å². The van der Waals surface area contributed by atoms with Gasteiger partial charge in [-0.3, -0.25) is 4.79 Å². The van der Waals surface area contributed by atoms with Gasteiger partial charge in [0.15, 0.2) is 11.6 Å². The molecule has 0 aliphatic carbocycles. The fraction of sp³-hybridized carbons (Fsp3) is 0.381. The minimum Gasteiger partial charge on any atom is -0.494 e. The van der Waals surface area contributed by atoms with E-state index in [2.05, 4.69) is 10.2 Å². The fourth-order valence-electron chi connectivity index (χ4n) is 4.13. The van der Waals surface area contributed by atoms with Crippen molar-refractivity contribution >= 4 is 21.8 Å². The Morgan fingerprint density at radius 2 is 2.17 bits per heavy atom. The topological polar surface area (TPSA) is 76.1 Å². The zero-order chi connectivity index (χ0) is 20.8. The van der Waals surface area contributed by atoms with Gasteiger partial charge in [-0.25, -0.2) is 13.8 Å². The standard InChI is InChI=1S/C21H22FN5O3/c1-25-17-10-18(29-2)16(22)9-14(17)15-11-23-27(21(28)20(15)25)12-13-6-7-26(24-13)19-5-3-4-8-30-19/h6-7,9-11,19H,3-5,8,12H2,1-2H3. The summed E-state index contributed by atoms with van der Waals surface area (Å²) in [5, 5.41) is 10.1. The largest absolute Gasteiger partial charge is 0.494 e. The minimum atomic E-state index is -0.475. The number of methoxy groups -OCH3 is 1. The number of benzene rings is 1. The third kappa shape index (κ3) is 2.97. The van der Waals surface area contributed by atoms with Gasteiger partial charge >= 0.3 is 0 Å². The zero-order valence-electron chi connectivity index (χ0n) is 16.8. The predicted molar refractivity (Wildman–Crippen MR) is 109 cm³/mol. The van der Waals surface area contributed by atoms with Gasteiger partial charge in [0.25, 0.3) is 5.56 Å². The maximum absolute atomic E-state index is 14.2. The molecular weight excluding hydrogens is 389 g/mol. The van der Waals surface area contributed by atoms with Crippen LogP contribution in [0.3, 0.4) is 0 Å². The highest BCUT2D eigenvalue weighted by Gasteiger charge is 2.19. The van der Waals surface area contributed by atoms with Crippen molar-refractivity contribution in [3.8, 4) is 5.75 Å². The summed E-state index contributed by atoms with van der Waals surface area (Å²) in [7, 11) is 3.20. The highest BCUT2D eigenvalue weighted by Crippen LogP contribution is 2.31. The maximum Gasteiger partial charge on any atom is 0.291 e. The molecule has 1 aliphatic rings. The van der Waals surface area contributed by atoms with Crippen LogP contribution in [-0.4, -0.2) is 37.8 Å². The Hall–Kier alpha value is -3.20. The number of aromatic nitrogens is 5. The first-order chi connectivity index (χ1) is 14.6. The molecule has 30 heavy (non-hydrogen) atoms. The van der Waals surface area contributed by atoms with E-state index >= 15 is 0 Å². The molecule has 1 unspecified atom stereocenters. The van der Waals surface area contributed by atoms with E-state index in [1.165, 1.54) is 17.9 Å². The average molecular weight is 411 g/mol. The highest BCUT2D eigenvalue weighted by molar-refractivity contribution is 6.07. The smallest absolute Gasteiger partial charge is 0.291 e. The molecule has 1 saturated heterocycles. The molecule has 4 heterocycles. The van der Waals surface area contributed by atoms with Gasteiger partial charge in [0.05, 0.1) is 31.1 Å². The van der Waals surface area contributed by atoms with Gasteiger partial charge in [-0.05, 0) is 31.4 Å². The van der Waals surface area contributed by atoms with E-state index in [1.54, 1.807) is 23.9 Å². The summed E-state index contributed by atoms with van der Waals surface area (Å²) in [4.78, 5) is 13.2. The second-order valence-electron chi connectivity index (χ2n) is 7.54. The van der Waals surface area contributed by atoms with Crippen LogP contribution in [0.25, 0.3) is 21.8 Å². The van der Waals surface area contributed by atoms with Gasteiger partial charge in [0.1, 0.15) is 11.7 Å².